The van der Waals surface area contributed by atoms with Crippen molar-refractivity contribution < 1.29 is 18.8 Å². The number of imide groups is 1. The van der Waals surface area contributed by atoms with E-state index in [1.54, 1.807) is 17.7 Å². The normalized spacial score (nSPS) is 17.3. The number of hydrogen-bond donors (Lipinski definition) is 2. The van der Waals surface area contributed by atoms with Crippen molar-refractivity contribution in [2.75, 3.05) is 54.9 Å². The third-order valence-electron chi connectivity index (χ3n) is 12.6. The lowest BCUT2D eigenvalue weighted by Gasteiger charge is -2.50. The van der Waals surface area contributed by atoms with Gasteiger partial charge in [-0.1, -0.05) is 25.0 Å². The first-order valence-electron chi connectivity index (χ1n) is 20.7. The smallest absolute Gasteiger partial charge is 0.263 e. The number of carbonyl (C=O) groups excluding carboxylic acids is 3. The van der Waals surface area contributed by atoms with Crippen LogP contribution in [0, 0.1) is 6.92 Å². The third-order valence-corrected chi connectivity index (χ3v) is 12.6. The number of aromatic nitrogens is 6. The Labute approximate surface area is 342 Å². The number of likely N-dealkylation sites (tertiary alicyclic amines) is 1. The van der Waals surface area contributed by atoms with E-state index >= 15 is 4.39 Å². The molecule has 0 spiro atoms. The van der Waals surface area contributed by atoms with Gasteiger partial charge in [0, 0.05) is 82.3 Å². The van der Waals surface area contributed by atoms with Gasteiger partial charge in [0.2, 0.25) is 18.3 Å². The van der Waals surface area contributed by atoms with Crippen molar-refractivity contribution >= 4 is 63.3 Å². The number of anilines is 4. The van der Waals surface area contributed by atoms with Crippen LogP contribution in [0.5, 0.6) is 0 Å². The van der Waals surface area contributed by atoms with E-state index in [0.29, 0.717) is 73.3 Å². The first-order valence-corrected chi connectivity index (χ1v) is 20.7. The van der Waals surface area contributed by atoms with Crippen molar-refractivity contribution in [1.82, 2.24) is 39.5 Å². The zero-order valence-corrected chi connectivity index (χ0v) is 34.2. The molecule has 8 rings (SSSR count). The standard InChI is InChI=1S/C43H52FN11O4/c1-27-34-23-46-42(49-39(34)55(31-9-5-6-10-31)41(59)37(27)28(2)57)48-35-13-12-32(22-45-35)53-20-15-30(16-21-53)54-24-43(44,25-54)18-14-29-8-7-11-33-38(29)52(4)50-40(33)51(3)19-17-36(58)47-26-56/h7-8,11-13,22-23,26,30-31H,5-6,9-10,14-21,24-25H2,1-4H3,(H,47,56,58)(H,45,46,48,49). The zero-order chi connectivity index (χ0) is 41.4. The van der Waals surface area contributed by atoms with Gasteiger partial charge in [-0.3, -0.25) is 38.6 Å². The predicted octanol–water partition coefficient (Wildman–Crippen LogP) is 5.17. The number of pyridine rings is 2. The molecule has 4 aromatic heterocycles. The summed E-state index contributed by atoms with van der Waals surface area (Å²) < 4.78 is 19.6. The van der Waals surface area contributed by atoms with Gasteiger partial charge in [0.25, 0.3) is 5.56 Å². The minimum Gasteiger partial charge on any atom is -0.370 e. The summed E-state index contributed by atoms with van der Waals surface area (Å²) in [6.07, 6.45) is 10.8. The second-order valence-corrected chi connectivity index (χ2v) is 16.5. The Bertz CT molecular complexity index is 2450. The van der Waals surface area contributed by atoms with Crippen molar-refractivity contribution in [3.8, 4) is 0 Å². The Morgan fingerprint density at radius 1 is 1.02 bits per heavy atom. The topological polar surface area (TPSA) is 163 Å². The summed E-state index contributed by atoms with van der Waals surface area (Å²) in [4.78, 5) is 68.9. The highest BCUT2D eigenvalue weighted by molar-refractivity contribution is 5.99. The Hall–Kier alpha value is -5.77. The van der Waals surface area contributed by atoms with Crippen molar-refractivity contribution in [1.29, 1.82) is 0 Å². The lowest BCUT2D eigenvalue weighted by molar-refractivity contribution is -0.125. The second kappa shape index (κ2) is 16.5. The highest BCUT2D eigenvalue weighted by Gasteiger charge is 2.46. The number of benzene rings is 1. The molecule has 59 heavy (non-hydrogen) atoms. The summed E-state index contributed by atoms with van der Waals surface area (Å²) in [5.41, 5.74) is 2.86. The van der Waals surface area contributed by atoms with Gasteiger partial charge in [-0.25, -0.2) is 14.4 Å². The van der Waals surface area contributed by atoms with E-state index < -0.39 is 5.67 Å². The molecule has 5 aromatic rings. The molecule has 2 saturated heterocycles. The van der Waals surface area contributed by atoms with Gasteiger partial charge in [-0.2, -0.15) is 10.1 Å². The highest BCUT2D eigenvalue weighted by Crippen LogP contribution is 2.37. The Morgan fingerprint density at radius 3 is 2.47 bits per heavy atom. The number of carbonyl (C=O) groups is 3. The van der Waals surface area contributed by atoms with Crippen LogP contribution >= 0.6 is 0 Å². The molecular weight excluding hydrogens is 754 g/mol. The molecule has 15 nitrogen and oxygen atoms in total. The summed E-state index contributed by atoms with van der Waals surface area (Å²) in [7, 11) is 3.76. The maximum atomic E-state index is 16.1. The van der Waals surface area contributed by atoms with Gasteiger partial charge in [0.15, 0.2) is 11.6 Å². The SMILES string of the molecule is CC(=O)c1c(C)c2cnc(Nc3ccc(N4CCC(N5CC(F)(CCc6cccc7c(N(C)CCC(=O)NC=O)nn(C)c67)C5)CC4)cn3)nc2n(C2CCCC2)c1=O. The third kappa shape index (κ3) is 8.01. The molecule has 0 atom stereocenters. The lowest BCUT2D eigenvalue weighted by atomic mass is 9.86. The van der Waals surface area contributed by atoms with Crippen LogP contribution in [0.25, 0.3) is 21.9 Å². The van der Waals surface area contributed by atoms with E-state index in [1.807, 2.05) is 60.2 Å². The zero-order valence-electron chi connectivity index (χ0n) is 34.2. The van der Waals surface area contributed by atoms with Crippen LogP contribution in [-0.4, -0.2) is 104 Å². The Kier molecular flexibility index (Phi) is 11.2. The van der Waals surface area contributed by atoms with Crippen LogP contribution in [0.3, 0.4) is 0 Å². The van der Waals surface area contributed by atoms with Crippen LogP contribution in [-0.2, 0) is 23.1 Å². The summed E-state index contributed by atoms with van der Waals surface area (Å²) in [6, 6.07) is 10.3. The molecule has 2 amide bonds. The maximum Gasteiger partial charge on any atom is 0.263 e. The molecule has 1 aliphatic carbocycles. The van der Waals surface area contributed by atoms with Crippen LogP contribution in [0.2, 0.25) is 0 Å². The summed E-state index contributed by atoms with van der Waals surface area (Å²) in [5.74, 6) is 1.07. The number of para-hydroxylation sites is 1. The average Bonchev–Trinajstić information content (AvgIpc) is 3.87. The number of piperidine rings is 1. The van der Waals surface area contributed by atoms with E-state index in [0.717, 1.165) is 79.6 Å². The summed E-state index contributed by atoms with van der Waals surface area (Å²) in [6.45, 7) is 6.19. The average molecular weight is 806 g/mol. The molecule has 0 radical (unpaired) electrons. The number of rotatable bonds is 14. The number of nitrogens with one attached hydrogen (secondary N) is 2. The fourth-order valence-electron chi connectivity index (χ4n) is 9.41. The molecule has 2 N–H and O–H groups in total. The van der Waals surface area contributed by atoms with Crippen molar-refractivity contribution in [2.24, 2.45) is 7.05 Å². The van der Waals surface area contributed by atoms with Crippen molar-refractivity contribution in [2.45, 2.75) is 89.4 Å². The highest BCUT2D eigenvalue weighted by atomic mass is 19.1. The quantitative estimate of drug-likeness (QED) is 0.112. The molecule has 2 aliphatic heterocycles. The maximum absolute atomic E-state index is 16.1. The fourth-order valence-corrected chi connectivity index (χ4v) is 9.41. The number of alkyl halides is 1. The van der Waals surface area contributed by atoms with Gasteiger partial charge < -0.3 is 15.1 Å². The second-order valence-electron chi connectivity index (χ2n) is 16.5. The largest absolute Gasteiger partial charge is 0.370 e. The number of fused-ring (bicyclic) bond motifs is 2. The van der Waals surface area contributed by atoms with E-state index in [9.17, 15) is 19.2 Å². The number of nitrogens with zero attached hydrogens (tertiary/aromatic N) is 9. The number of aryl methyl sites for hydroxylation is 3. The van der Waals surface area contributed by atoms with Crippen molar-refractivity contribution in [3.63, 3.8) is 0 Å². The Balaban J connectivity index is 0.846. The molecule has 1 aromatic carbocycles. The van der Waals surface area contributed by atoms with Crippen LogP contribution in [0.4, 0.5) is 27.7 Å². The van der Waals surface area contributed by atoms with E-state index in [-0.39, 0.29) is 35.3 Å². The van der Waals surface area contributed by atoms with Gasteiger partial charge >= 0.3 is 0 Å². The van der Waals surface area contributed by atoms with Crippen LogP contribution in [0.1, 0.15) is 85.8 Å². The lowest BCUT2D eigenvalue weighted by Crippen LogP contribution is -2.63. The minimum atomic E-state index is -1.24. The van der Waals surface area contributed by atoms with Crippen LogP contribution in [0.15, 0.2) is 47.5 Å². The number of halogens is 1. The van der Waals surface area contributed by atoms with Crippen molar-refractivity contribution in [3.05, 3.63) is 69.8 Å². The van der Waals surface area contributed by atoms with Crippen LogP contribution < -0.4 is 26.0 Å². The molecule has 16 heteroatoms. The monoisotopic (exact) mass is 805 g/mol. The number of ketones is 1. The summed E-state index contributed by atoms with van der Waals surface area (Å²) >= 11 is 0. The first kappa shape index (κ1) is 40.0. The molecule has 6 heterocycles. The molecule has 3 fully saturated rings. The first-order chi connectivity index (χ1) is 28.4. The predicted molar refractivity (Wildman–Crippen MR) is 225 cm³/mol. The number of Topliss-reactive ketones (excluding diaryl/α,β-unsaturated/α-hetero) is 1. The molecule has 0 bridgehead atoms. The van der Waals surface area contributed by atoms with E-state index in [2.05, 4.69) is 30.4 Å². The number of hydrogen-bond acceptors (Lipinski definition) is 12. The molecule has 3 aliphatic rings. The van der Waals surface area contributed by atoms with Gasteiger partial charge in [0.1, 0.15) is 17.1 Å². The molecule has 0 unspecified atom stereocenters. The Morgan fingerprint density at radius 2 is 1.78 bits per heavy atom. The minimum absolute atomic E-state index is 0.00218. The summed E-state index contributed by atoms with van der Waals surface area (Å²) in [5, 5.41) is 11.7. The molecule has 1 saturated carbocycles. The van der Waals surface area contributed by atoms with E-state index in [1.165, 1.54) is 6.92 Å². The molecule has 310 valence electrons. The molecular formula is C43H52FN11O4. The number of amides is 2. The van der Waals surface area contributed by atoms with Gasteiger partial charge in [-0.05, 0) is 81.7 Å². The van der Waals surface area contributed by atoms with Gasteiger partial charge in [-0.15, -0.1) is 0 Å². The fraction of sp³-hybridized carbons (Fsp3) is 0.488. The van der Waals surface area contributed by atoms with E-state index in [4.69, 9.17) is 10.1 Å². The van der Waals surface area contributed by atoms with Gasteiger partial charge in [0.05, 0.1) is 23.0 Å².